The molecule has 2 aromatic rings. The molecule has 0 aliphatic carbocycles. The molecule has 1 atom stereocenters. The molecule has 0 radical (unpaired) electrons. The number of nitrogen functional groups attached to an aromatic ring is 1. The third kappa shape index (κ3) is 5.62. The maximum Gasteiger partial charge on any atom is 0.122 e. The molecule has 1 aliphatic heterocycles. The molecule has 0 aromatic heterocycles. The Morgan fingerprint density at radius 2 is 1.90 bits per heavy atom. The number of halogens is 1. The van der Waals surface area contributed by atoms with Gasteiger partial charge in [0.2, 0.25) is 0 Å². The number of carboxylic acid groups (broad SMARTS) is 1. The predicted molar refractivity (Wildman–Crippen MR) is 117 cm³/mol. The Morgan fingerprint density at radius 3 is 2.45 bits per heavy atom. The number of nitrogens with one attached hydrogen (secondary N) is 3. The SMILES string of the molecule is CCc1cc(C(Nc2ccc(C(=N)N)cc2)C(=O)[O-])cc(N2CCNCC2)c1.Cl. The highest BCUT2D eigenvalue weighted by atomic mass is 35.5. The molecule has 156 valence electrons. The molecule has 1 unspecified atom stereocenters. The van der Waals surface area contributed by atoms with E-state index in [-0.39, 0.29) is 18.2 Å². The molecule has 5 N–H and O–H groups in total. The van der Waals surface area contributed by atoms with Gasteiger partial charge in [-0.25, -0.2) is 0 Å². The van der Waals surface area contributed by atoms with Crippen molar-refractivity contribution >= 4 is 35.6 Å². The summed E-state index contributed by atoms with van der Waals surface area (Å²) in [5, 5.41) is 25.7. The first-order valence-electron chi connectivity index (χ1n) is 9.49. The first kappa shape index (κ1) is 22.5. The van der Waals surface area contributed by atoms with Gasteiger partial charge in [0.05, 0.1) is 12.0 Å². The second-order valence-electron chi connectivity index (χ2n) is 6.91. The third-order valence-corrected chi connectivity index (χ3v) is 4.97. The largest absolute Gasteiger partial charge is 0.548 e. The first-order valence-corrected chi connectivity index (χ1v) is 9.49. The lowest BCUT2D eigenvalue weighted by Gasteiger charge is -2.31. The van der Waals surface area contributed by atoms with Gasteiger partial charge in [0, 0.05) is 43.1 Å². The number of piperazine rings is 1. The van der Waals surface area contributed by atoms with Crippen LogP contribution in [0.1, 0.15) is 29.7 Å². The van der Waals surface area contributed by atoms with Crippen LogP contribution >= 0.6 is 12.4 Å². The van der Waals surface area contributed by atoms with Crippen molar-refractivity contribution in [3.63, 3.8) is 0 Å². The van der Waals surface area contributed by atoms with E-state index >= 15 is 0 Å². The van der Waals surface area contributed by atoms with Crippen molar-refractivity contribution in [1.29, 1.82) is 5.41 Å². The van der Waals surface area contributed by atoms with Gasteiger partial charge in [-0.3, -0.25) is 5.41 Å². The summed E-state index contributed by atoms with van der Waals surface area (Å²) in [6, 6.07) is 11.8. The Morgan fingerprint density at radius 1 is 1.24 bits per heavy atom. The maximum atomic E-state index is 11.9. The number of anilines is 2. The van der Waals surface area contributed by atoms with E-state index in [1.165, 1.54) is 0 Å². The Labute approximate surface area is 177 Å². The molecule has 0 amide bonds. The molecule has 3 rings (SSSR count). The highest BCUT2D eigenvalue weighted by Crippen LogP contribution is 2.27. The summed E-state index contributed by atoms with van der Waals surface area (Å²) in [6.07, 6.45) is 0.819. The smallest absolute Gasteiger partial charge is 0.122 e. The molecule has 2 aromatic carbocycles. The van der Waals surface area contributed by atoms with E-state index in [0.717, 1.165) is 43.9 Å². The van der Waals surface area contributed by atoms with Crippen LogP contribution in [0.25, 0.3) is 0 Å². The third-order valence-electron chi connectivity index (χ3n) is 4.97. The Bertz CT molecular complexity index is 851. The van der Waals surface area contributed by atoms with Crippen LogP contribution in [0.2, 0.25) is 0 Å². The van der Waals surface area contributed by atoms with E-state index in [9.17, 15) is 9.90 Å². The van der Waals surface area contributed by atoms with Crippen LogP contribution in [0, 0.1) is 5.41 Å². The molecule has 0 spiro atoms. The standard InChI is InChI=1S/C21H27N5O2.ClH/c1-2-14-11-16(13-18(12-14)26-9-7-24-8-10-26)19(21(27)28)25-17-5-3-15(4-6-17)20(22)23;/h3-6,11-13,19,24-25H,2,7-10H2,1H3,(H3,22,23)(H,27,28);1H/p-1. The van der Waals surface area contributed by atoms with Crippen LogP contribution in [0.4, 0.5) is 11.4 Å². The van der Waals surface area contributed by atoms with Gasteiger partial charge >= 0.3 is 0 Å². The number of carboxylic acids is 1. The fraction of sp³-hybridized carbons (Fsp3) is 0.333. The van der Waals surface area contributed by atoms with Gasteiger partial charge in [-0.15, -0.1) is 12.4 Å². The number of aryl methyl sites for hydroxylation is 1. The van der Waals surface area contributed by atoms with Gasteiger partial charge in [0.1, 0.15) is 5.84 Å². The van der Waals surface area contributed by atoms with Crippen molar-refractivity contribution in [2.75, 3.05) is 36.4 Å². The number of rotatable bonds is 7. The molecule has 1 saturated heterocycles. The van der Waals surface area contributed by atoms with E-state index in [4.69, 9.17) is 11.1 Å². The minimum Gasteiger partial charge on any atom is -0.548 e. The minimum atomic E-state index is -1.19. The number of aliphatic carboxylic acids is 1. The number of carbonyl (C=O) groups excluding carboxylic acids is 1. The molecule has 7 nitrogen and oxygen atoms in total. The van der Waals surface area contributed by atoms with Gasteiger partial charge in [-0.1, -0.05) is 13.0 Å². The minimum absolute atomic E-state index is 0. The van der Waals surface area contributed by atoms with Crippen molar-refractivity contribution in [2.24, 2.45) is 5.73 Å². The average Bonchev–Trinajstić information content (AvgIpc) is 2.72. The molecular formula is C21H27ClN5O2-. The van der Waals surface area contributed by atoms with Gasteiger partial charge in [0.15, 0.2) is 0 Å². The highest BCUT2D eigenvalue weighted by Gasteiger charge is 2.18. The Kier molecular flexibility index (Phi) is 7.87. The quantitative estimate of drug-likeness (QED) is 0.399. The summed E-state index contributed by atoms with van der Waals surface area (Å²) in [5.41, 5.74) is 9.49. The second-order valence-corrected chi connectivity index (χ2v) is 6.91. The molecular weight excluding hydrogens is 390 g/mol. The van der Waals surface area contributed by atoms with Crippen LogP contribution in [-0.4, -0.2) is 38.0 Å². The van der Waals surface area contributed by atoms with Gasteiger partial charge in [-0.2, -0.15) is 0 Å². The van der Waals surface area contributed by atoms with Crippen LogP contribution in [0.15, 0.2) is 42.5 Å². The normalized spacial score (nSPS) is 14.6. The van der Waals surface area contributed by atoms with Crippen molar-refractivity contribution in [3.8, 4) is 0 Å². The molecule has 1 heterocycles. The monoisotopic (exact) mass is 416 g/mol. The maximum absolute atomic E-state index is 11.9. The second kappa shape index (κ2) is 10.1. The van der Waals surface area contributed by atoms with Gasteiger partial charge in [-0.05, 0) is 53.9 Å². The first-order chi connectivity index (χ1) is 13.5. The number of hydrogen-bond acceptors (Lipinski definition) is 6. The van der Waals surface area contributed by atoms with Crippen molar-refractivity contribution in [2.45, 2.75) is 19.4 Å². The zero-order valence-corrected chi connectivity index (χ0v) is 17.2. The number of benzene rings is 2. The zero-order chi connectivity index (χ0) is 20.1. The zero-order valence-electron chi connectivity index (χ0n) is 16.4. The van der Waals surface area contributed by atoms with Gasteiger partial charge < -0.3 is 31.2 Å². The Hall–Kier alpha value is -2.77. The number of nitrogens with zero attached hydrogens (tertiary/aromatic N) is 1. The van der Waals surface area contributed by atoms with E-state index in [0.29, 0.717) is 16.8 Å². The fourth-order valence-electron chi connectivity index (χ4n) is 3.37. The average molecular weight is 417 g/mol. The molecule has 29 heavy (non-hydrogen) atoms. The van der Waals surface area contributed by atoms with Crippen LogP contribution < -0.4 is 26.4 Å². The van der Waals surface area contributed by atoms with E-state index in [1.807, 2.05) is 12.1 Å². The lowest BCUT2D eigenvalue weighted by atomic mass is 10.00. The summed E-state index contributed by atoms with van der Waals surface area (Å²) < 4.78 is 0. The van der Waals surface area contributed by atoms with E-state index in [1.54, 1.807) is 24.3 Å². The summed E-state index contributed by atoms with van der Waals surface area (Å²) in [5.74, 6) is -1.21. The van der Waals surface area contributed by atoms with Crippen molar-refractivity contribution in [3.05, 3.63) is 59.2 Å². The van der Waals surface area contributed by atoms with E-state index in [2.05, 4.69) is 28.5 Å². The number of hydrogen-bond donors (Lipinski definition) is 4. The molecule has 0 saturated carbocycles. The van der Waals surface area contributed by atoms with Crippen molar-refractivity contribution < 1.29 is 9.90 Å². The lowest BCUT2D eigenvalue weighted by Crippen LogP contribution is -2.43. The number of amidine groups is 1. The van der Waals surface area contributed by atoms with E-state index < -0.39 is 12.0 Å². The van der Waals surface area contributed by atoms with Crippen molar-refractivity contribution in [1.82, 2.24) is 5.32 Å². The van der Waals surface area contributed by atoms with Crippen LogP contribution in [0.5, 0.6) is 0 Å². The highest BCUT2D eigenvalue weighted by molar-refractivity contribution is 5.95. The van der Waals surface area contributed by atoms with Crippen LogP contribution in [0.3, 0.4) is 0 Å². The summed E-state index contributed by atoms with van der Waals surface area (Å²) in [4.78, 5) is 14.2. The molecule has 0 bridgehead atoms. The Balaban J connectivity index is 0.00000300. The molecule has 1 fully saturated rings. The summed E-state index contributed by atoms with van der Waals surface area (Å²) in [6.45, 7) is 5.67. The molecule has 1 aliphatic rings. The van der Waals surface area contributed by atoms with Crippen LogP contribution in [-0.2, 0) is 11.2 Å². The predicted octanol–water partition coefficient (Wildman–Crippen LogP) is 1.27. The summed E-state index contributed by atoms with van der Waals surface area (Å²) in [7, 11) is 0. The fourth-order valence-corrected chi connectivity index (χ4v) is 3.37. The number of nitrogens with two attached hydrogens (primary N) is 1. The molecule has 8 heteroatoms. The van der Waals surface area contributed by atoms with Gasteiger partial charge in [0.25, 0.3) is 0 Å². The lowest BCUT2D eigenvalue weighted by molar-refractivity contribution is -0.307. The topological polar surface area (TPSA) is 117 Å². The number of carbonyl (C=O) groups is 1. The summed E-state index contributed by atoms with van der Waals surface area (Å²) >= 11 is 0.